The van der Waals surface area contributed by atoms with Crippen LogP contribution in [0.25, 0.3) is 10.4 Å². The predicted molar refractivity (Wildman–Crippen MR) is 89.2 cm³/mol. The Hall–Kier alpha value is -2.30. The minimum atomic E-state index is -1.000. The Balaban J connectivity index is 2.29. The number of fused-ring (bicyclic) bond motifs is 1. The molecule has 0 bridgehead atoms. The number of hydrogen-bond acceptors (Lipinski definition) is 10. The number of aliphatic imine (C=N–C) groups is 1. The topological polar surface area (TPSA) is 149 Å². The van der Waals surface area contributed by atoms with E-state index in [1.54, 1.807) is 0 Å². The second kappa shape index (κ2) is 8.88. The van der Waals surface area contributed by atoms with Crippen LogP contribution in [-0.2, 0) is 33.3 Å². The van der Waals surface area contributed by atoms with Gasteiger partial charge in [-0.15, -0.1) is 0 Å². The molecule has 0 amide bonds. The summed E-state index contributed by atoms with van der Waals surface area (Å²) < 4.78 is 21.5. The molecule has 2 heterocycles. The van der Waals surface area contributed by atoms with Crippen LogP contribution < -0.4 is 0 Å². The monoisotopic (exact) mass is 386 g/mol. The van der Waals surface area contributed by atoms with Crippen LogP contribution in [0.4, 0.5) is 0 Å². The molecule has 2 rings (SSSR count). The number of thioether (sulfide) groups is 1. The highest BCUT2D eigenvalue weighted by Crippen LogP contribution is 2.39. The molecule has 0 unspecified atom stereocenters. The highest BCUT2D eigenvalue weighted by molar-refractivity contribution is 8.14. The van der Waals surface area contributed by atoms with E-state index in [0.717, 1.165) is 0 Å². The van der Waals surface area contributed by atoms with Crippen molar-refractivity contribution in [2.24, 2.45) is 10.1 Å². The molecule has 0 aromatic heterocycles. The van der Waals surface area contributed by atoms with Crippen molar-refractivity contribution in [1.29, 1.82) is 0 Å². The molecule has 0 spiro atoms. The maximum Gasteiger partial charge on any atom is 0.303 e. The van der Waals surface area contributed by atoms with Gasteiger partial charge in [-0.1, -0.05) is 16.9 Å². The Morgan fingerprint density at radius 2 is 1.85 bits per heavy atom. The second-order valence-electron chi connectivity index (χ2n) is 5.51. The first kappa shape index (κ1) is 20.0. The SMILES string of the molecule is CC(=O)OC[C@H]1O[C@@H]2SC(CN=[N+]=[N-])=N[C@@H]2[C@@H](OC(C)=O)[C@@H]1OC(C)=O. The minimum Gasteiger partial charge on any atom is -0.463 e. The molecule has 1 fully saturated rings. The maximum atomic E-state index is 11.5. The molecule has 0 aromatic rings. The number of carbonyl (C=O) groups excluding carboxylic acids is 3. The third-order valence-electron chi connectivity index (χ3n) is 3.48. The Morgan fingerprint density at radius 3 is 2.42 bits per heavy atom. The van der Waals surface area contributed by atoms with Crippen molar-refractivity contribution in [3.05, 3.63) is 10.4 Å². The zero-order valence-electron chi connectivity index (χ0n) is 14.4. The Kier molecular flexibility index (Phi) is 6.83. The van der Waals surface area contributed by atoms with Gasteiger partial charge in [-0.2, -0.15) is 0 Å². The van der Waals surface area contributed by atoms with Crippen LogP contribution in [0.5, 0.6) is 0 Å². The highest BCUT2D eigenvalue weighted by atomic mass is 32.2. The van der Waals surface area contributed by atoms with Crippen molar-refractivity contribution in [3.63, 3.8) is 0 Å². The molecule has 12 heteroatoms. The fourth-order valence-electron chi connectivity index (χ4n) is 2.62. The van der Waals surface area contributed by atoms with Crippen LogP contribution in [-0.4, -0.2) is 65.9 Å². The van der Waals surface area contributed by atoms with Gasteiger partial charge in [-0.05, 0) is 5.53 Å². The van der Waals surface area contributed by atoms with Gasteiger partial charge in [-0.25, -0.2) is 0 Å². The summed E-state index contributed by atoms with van der Waals surface area (Å²) in [5.41, 5.74) is 7.89. The molecule has 0 N–H and O–H groups in total. The number of nitrogens with zero attached hydrogens (tertiary/aromatic N) is 4. The van der Waals surface area contributed by atoms with E-state index in [-0.39, 0.29) is 13.2 Å². The molecular weight excluding hydrogens is 368 g/mol. The van der Waals surface area contributed by atoms with Crippen molar-refractivity contribution in [2.75, 3.05) is 13.2 Å². The standard InChI is InChI=1S/C14H18N4O7S/c1-6(19)22-5-9-12(23-7(2)20)13(24-8(3)21)11-14(25-9)26-10(17-11)4-16-18-15/h9,11-14H,4-5H2,1-3H3/t9-,11-,12-,13-,14-/m1/s1. The number of rotatable bonds is 6. The molecule has 142 valence electrons. The van der Waals surface area contributed by atoms with E-state index in [1.165, 1.54) is 32.5 Å². The molecule has 5 atom stereocenters. The lowest BCUT2D eigenvalue weighted by molar-refractivity contribution is -0.208. The lowest BCUT2D eigenvalue weighted by Crippen LogP contribution is -2.59. The Bertz CT molecular complexity index is 664. The average Bonchev–Trinajstić information content (AvgIpc) is 2.95. The van der Waals surface area contributed by atoms with Gasteiger partial charge in [0.2, 0.25) is 0 Å². The van der Waals surface area contributed by atoms with Gasteiger partial charge < -0.3 is 18.9 Å². The summed E-state index contributed by atoms with van der Waals surface area (Å²) in [6.07, 6.45) is -2.76. The number of carbonyl (C=O) groups is 3. The van der Waals surface area contributed by atoms with Crippen molar-refractivity contribution < 1.29 is 33.3 Å². The summed E-state index contributed by atoms with van der Waals surface area (Å²) in [5, 5.41) is 3.96. The number of esters is 3. The number of azide groups is 1. The van der Waals surface area contributed by atoms with E-state index < -0.39 is 47.7 Å². The Labute approximate surface area is 153 Å². The number of ether oxygens (including phenoxy) is 4. The molecule has 0 aromatic carbocycles. The second-order valence-corrected chi connectivity index (χ2v) is 6.69. The van der Waals surface area contributed by atoms with Crippen molar-refractivity contribution in [1.82, 2.24) is 0 Å². The third kappa shape index (κ3) is 5.10. The maximum absolute atomic E-state index is 11.5. The van der Waals surface area contributed by atoms with E-state index in [2.05, 4.69) is 15.0 Å². The van der Waals surface area contributed by atoms with Gasteiger partial charge in [-0.3, -0.25) is 19.4 Å². The fraction of sp³-hybridized carbons (Fsp3) is 0.714. The predicted octanol–water partition coefficient (Wildman–Crippen LogP) is 0.962. The van der Waals surface area contributed by atoms with Gasteiger partial charge in [0, 0.05) is 25.7 Å². The molecule has 26 heavy (non-hydrogen) atoms. The van der Waals surface area contributed by atoms with Gasteiger partial charge in [0.1, 0.15) is 24.2 Å². The number of hydrogen-bond donors (Lipinski definition) is 0. The summed E-state index contributed by atoms with van der Waals surface area (Å²) >= 11 is 1.21. The van der Waals surface area contributed by atoms with E-state index >= 15 is 0 Å². The molecular formula is C14H18N4O7S. The van der Waals surface area contributed by atoms with E-state index in [0.29, 0.717) is 5.04 Å². The van der Waals surface area contributed by atoms with E-state index in [4.69, 9.17) is 24.5 Å². The van der Waals surface area contributed by atoms with Crippen molar-refractivity contribution in [2.45, 2.75) is 50.6 Å². The molecule has 2 aliphatic rings. The van der Waals surface area contributed by atoms with Crippen LogP contribution in [0.15, 0.2) is 10.1 Å². The van der Waals surface area contributed by atoms with Gasteiger partial charge in [0.25, 0.3) is 0 Å². The molecule has 0 radical (unpaired) electrons. The highest BCUT2D eigenvalue weighted by Gasteiger charge is 2.52. The van der Waals surface area contributed by atoms with Gasteiger partial charge in [0.05, 0.1) is 11.6 Å². The van der Waals surface area contributed by atoms with Gasteiger partial charge in [0.15, 0.2) is 12.2 Å². The van der Waals surface area contributed by atoms with Crippen molar-refractivity contribution in [3.8, 4) is 0 Å². The summed E-state index contributed by atoms with van der Waals surface area (Å²) in [7, 11) is 0. The van der Waals surface area contributed by atoms with Crippen LogP contribution in [0, 0.1) is 0 Å². The lowest BCUT2D eigenvalue weighted by Gasteiger charge is -2.41. The summed E-state index contributed by atoms with van der Waals surface area (Å²) in [6.45, 7) is 3.52. The first-order valence-electron chi connectivity index (χ1n) is 7.69. The van der Waals surface area contributed by atoms with Crippen LogP contribution in [0.3, 0.4) is 0 Å². The van der Waals surface area contributed by atoms with Gasteiger partial charge >= 0.3 is 17.9 Å². The van der Waals surface area contributed by atoms with Crippen LogP contribution in [0.1, 0.15) is 20.8 Å². The summed E-state index contributed by atoms with van der Waals surface area (Å²) in [6, 6.07) is -0.647. The van der Waals surface area contributed by atoms with E-state index in [9.17, 15) is 14.4 Å². The molecule has 1 saturated heterocycles. The first-order valence-corrected chi connectivity index (χ1v) is 8.57. The van der Waals surface area contributed by atoms with Crippen molar-refractivity contribution >= 4 is 34.7 Å². The van der Waals surface area contributed by atoms with Crippen LogP contribution in [0.2, 0.25) is 0 Å². The molecule has 2 aliphatic heterocycles. The summed E-state index contributed by atoms with van der Waals surface area (Å²) in [4.78, 5) is 41.2. The molecule has 0 aliphatic carbocycles. The lowest BCUT2D eigenvalue weighted by atomic mass is 9.98. The average molecular weight is 386 g/mol. The Morgan fingerprint density at radius 1 is 1.19 bits per heavy atom. The smallest absolute Gasteiger partial charge is 0.303 e. The zero-order valence-corrected chi connectivity index (χ0v) is 15.2. The largest absolute Gasteiger partial charge is 0.463 e. The normalized spacial score (nSPS) is 29.7. The van der Waals surface area contributed by atoms with E-state index in [1.807, 2.05) is 0 Å². The minimum absolute atomic E-state index is 0.0250. The first-order chi connectivity index (χ1) is 12.3. The molecule has 11 nitrogen and oxygen atoms in total. The third-order valence-corrected chi connectivity index (χ3v) is 4.61. The summed E-state index contributed by atoms with van der Waals surface area (Å²) in [5.74, 6) is -1.71. The fourth-order valence-corrected chi connectivity index (χ4v) is 3.76. The molecule has 0 saturated carbocycles. The quantitative estimate of drug-likeness (QED) is 0.215. The zero-order chi connectivity index (χ0) is 19.3. The van der Waals surface area contributed by atoms with Crippen LogP contribution >= 0.6 is 11.8 Å².